The van der Waals surface area contributed by atoms with E-state index < -0.39 is 12.1 Å². The van der Waals surface area contributed by atoms with E-state index in [1.807, 2.05) is 24.3 Å². The molecule has 0 bridgehead atoms. The standard InChI is InChI=1S/C25H21NO4/c27-24(28)16-9-11-17-15(13-16)10-12-23(17)26-25(29)30-14-22-20-7-3-1-5-18(20)19-6-2-4-8-21(19)22/h1-9,11,13,22-23H,10,12,14H2,(H,26,29)(H,27,28)/t23-/m0/s1. The highest BCUT2D eigenvalue weighted by Crippen LogP contribution is 2.44. The molecule has 150 valence electrons. The second kappa shape index (κ2) is 7.34. The number of aromatic carboxylic acids is 1. The van der Waals surface area contributed by atoms with Crippen LogP contribution in [0.15, 0.2) is 66.7 Å². The van der Waals surface area contributed by atoms with Gasteiger partial charge in [0.05, 0.1) is 11.6 Å². The number of carboxylic acids is 1. The van der Waals surface area contributed by atoms with Gasteiger partial charge in [0.25, 0.3) is 0 Å². The van der Waals surface area contributed by atoms with Crippen molar-refractivity contribution in [2.75, 3.05) is 6.61 Å². The van der Waals surface area contributed by atoms with Crippen LogP contribution >= 0.6 is 0 Å². The van der Waals surface area contributed by atoms with Gasteiger partial charge in [-0.15, -0.1) is 0 Å². The highest BCUT2D eigenvalue weighted by atomic mass is 16.5. The Morgan fingerprint density at radius 2 is 1.60 bits per heavy atom. The fraction of sp³-hybridized carbons (Fsp3) is 0.200. The predicted molar refractivity (Wildman–Crippen MR) is 113 cm³/mol. The van der Waals surface area contributed by atoms with Gasteiger partial charge in [0.1, 0.15) is 6.61 Å². The number of ether oxygens (including phenoxy) is 1. The summed E-state index contributed by atoms with van der Waals surface area (Å²) in [5.74, 6) is -0.914. The number of benzene rings is 3. The maximum absolute atomic E-state index is 12.5. The van der Waals surface area contributed by atoms with Crippen molar-refractivity contribution in [3.63, 3.8) is 0 Å². The summed E-state index contributed by atoms with van der Waals surface area (Å²) >= 11 is 0. The first-order chi connectivity index (χ1) is 14.6. The van der Waals surface area contributed by atoms with Gasteiger partial charge >= 0.3 is 12.1 Å². The third-order valence-electron chi connectivity index (χ3n) is 6.10. The molecule has 3 aromatic carbocycles. The van der Waals surface area contributed by atoms with E-state index in [4.69, 9.17) is 9.84 Å². The number of carboxylic acid groups (broad SMARTS) is 1. The van der Waals surface area contributed by atoms with Crippen LogP contribution < -0.4 is 5.32 Å². The zero-order valence-corrected chi connectivity index (χ0v) is 16.3. The van der Waals surface area contributed by atoms with Gasteiger partial charge < -0.3 is 15.2 Å². The van der Waals surface area contributed by atoms with Gasteiger partial charge in [0.2, 0.25) is 0 Å². The van der Waals surface area contributed by atoms with E-state index in [1.165, 1.54) is 22.3 Å². The minimum Gasteiger partial charge on any atom is -0.478 e. The predicted octanol–water partition coefficient (Wildman–Crippen LogP) is 4.91. The average Bonchev–Trinajstić information content (AvgIpc) is 3.31. The van der Waals surface area contributed by atoms with Crippen molar-refractivity contribution < 1.29 is 19.4 Å². The number of carbonyl (C=O) groups is 2. The molecule has 2 aliphatic carbocycles. The van der Waals surface area contributed by atoms with Gasteiger partial charge in [-0.2, -0.15) is 0 Å². The van der Waals surface area contributed by atoms with Crippen molar-refractivity contribution in [1.29, 1.82) is 0 Å². The second-order valence-electron chi connectivity index (χ2n) is 7.78. The molecule has 0 aromatic heterocycles. The number of carbonyl (C=O) groups excluding carboxylic acids is 1. The first-order valence-corrected chi connectivity index (χ1v) is 10.1. The molecule has 0 aliphatic heterocycles. The van der Waals surface area contributed by atoms with Crippen LogP contribution in [0.5, 0.6) is 0 Å². The molecule has 0 heterocycles. The topological polar surface area (TPSA) is 75.6 Å². The monoisotopic (exact) mass is 399 g/mol. The fourth-order valence-electron chi connectivity index (χ4n) is 4.68. The number of nitrogens with one attached hydrogen (secondary N) is 1. The van der Waals surface area contributed by atoms with E-state index in [0.717, 1.165) is 24.0 Å². The minimum absolute atomic E-state index is 0.0251. The summed E-state index contributed by atoms with van der Waals surface area (Å²) < 4.78 is 5.63. The Morgan fingerprint density at radius 3 is 2.27 bits per heavy atom. The minimum atomic E-state index is -0.939. The lowest BCUT2D eigenvalue weighted by Gasteiger charge is -2.17. The van der Waals surface area contributed by atoms with Crippen LogP contribution in [0.4, 0.5) is 4.79 Å². The Morgan fingerprint density at radius 1 is 0.933 bits per heavy atom. The Balaban J connectivity index is 1.28. The SMILES string of the molecule is O=C(N[C@H]1CCc2cc(C(=O)O)ccc21)OCC1c2ccccc2-c2ccccc21. The molecular formula is C25H21NO4. The molecule has 1 amide bonds. The van der Waals surface area contributed by atoms with Crippen molar-refractivity contribution in [2.45, 2.75) is 24.8 Å². The largest absolute Gasteiger partial charge is 0.478 e. The molecular weight excluding hydrogens is 378 g/mol. The highest BCUT2D eigenvalue weighted by Gasteiger charge is 2.30. The maximum atomic E-state index is 12.5. The molecule has 0 radical (unpaired) electrons. The summed E-state index contributed by atoms with van der Waals surface area (Å²) in [6, 6.07) is 21.4. The van der Waals surface area contributed by atoms with Crippen molar-refractivity contribution in [2.24, 2.45) is 0 Å². The van der Waals surface area contributed by atoms with Gasteiger partial charge in [-0.25, -0.2) is 9.59 Å². The molecule has 1 atom stereocenters. The Bertz CT molecular complexity index is 1110. The number of rotatable bonds is 4. The summed E-state index contributed by atoms with van der Waals surface area (Å²) in [6.45, 7) is 0.275. The summed E-state index contributed by atoms with van der Waals surface area (Å²) in [6.07, 6.45) is 1.03. The third-order valence-corrected chi connectivity index (χ3v) is 6.10. The number of aryl methyl sites for hydroxylation is 1. The van der Waals surface area contributed by atoms with Crippen LogP contribution in [0, 0.1) is 0 Å². The lowest BCUT2D eigenvalue weighted by Crippen LogP contribution is -2.29. The molecule has 5 rings (SSSR count). The van der Waals surface area contributed by atoms with Gasteiger partial charge in [0, 0.05) is 5.92 Å². The van der Waals surface area contributed by atoms with Crippen molar-refractivity contribution in [1.82, 2.24) is 5.32 Å². The molecule has 5 heteroatoms. The quantitative estimate of drug-likeness (QED) is 0.654. The number of hydrogen-bond acceptors (Lipinski definition) is 3. The number of alkyl carbamates (subject to hydrolysis) is 1. The van der Waals surface area contributed by atoms with Gasteiger partial charge in [0.15, 0.2) is 0 Å². The zero-order chi connectivity index (χ0) is 20.7. The van der Waals surface area contributed by atoms with Crippen LogP contribution in [-0.2, 0) is 11.2 Å². The lowest BCUT2D eigenvalue weighted by atomic mass is 9.98. The van der Waals surface area contributed by atoms with E-state index >= 15 is 0 Å². The Labute approximate surface area is 174 Å². The lowest BCUT2D eigenvalue weighted by molar-refractivity contribution is 0.0696. The normalized spacial score (nSPS) is 16.5. The average molecular weight is 399 g/mol. The van der Waals surface area contributed by atoms with Crippen LogP contribution in [0.2, 0.25) is 0 Å². The summed E-state index contributed by atoms with van der Waals surface area (Å²) in [5.41, 5.74) is 6.96. The first-order valence-electron chi connectivity index (χ1n) is 10.1. The molecule has 30 heavy (non-hydrogen) atoms. The molecule has 0 fully saturated rings. The number of amides is 1. The first kappa shape index (κ1) is 18.4. The number of hydrogen-bond donors (Lipinski definition) is 2. The molecule has 0 spiro atoms. The molecule has 5 nitrogen and oxygen atoms in total. The molecule has 2 N–H and O–H groups in total. The Hall–Kier alpha value is -3.60. The highest BCUT2D eigenvalue weighted by molar-refractivity contribution is 5.88. The molecule has 3 aromatic rings. The van der Waals surface area contributed by atoms with E-state index in [9.17, 15) is 9.59 Å². The van der Waals surface area contributed by atoms with Crippen LogP contribution in [-0.4, -0.2) is 23.8 Å². The van der Waals surface area contributed by atoms with E-state index in [2.05, 4.69) is 29.6 Å². The summed E-state index contributed by atoms with van der Waals surface area (Å²) in [7, 11) is 0. The van der Waals surface area contributed by atoms with E-state index in [1.54, 1.807) is 18.2 Å². The van der Waals surface area contributed by atoms with Crippen molar-refractivity contribution in [3.8, 4) is 11.1 Å². The van der Waals surface area contributed by atoms with E-state index in [0.29, 0.717) is 0 Å². The molecule has 0 unspecified atom stereocenters. The zero-order valence-electron chi connectivity index (χ0n) is 16.3. The van der Waals surface area contributed by atoms with Gasteiger partial charge in [-0.3, -0.25) is 0 Å². The molecule has 0 saturated heterocycles. The molecule has 2 aliphatic rings. The maximum Gasteiger partial charge on any atom is 0.407 e. The van der Waals surface area contributed by atoms with Gasteiger partial charge in [-0.1, -0.05) is 54.6 Å². The van der Waals surface area contributed by atoms with Crippen molar-refractivity contribution >= 4 is 12.1 Å². The second-order valence-corrected chi connectivity index (χ2v) is 7.78. The fourth-order valence-corrected chi connectivity index (χ4v) is 4.68. The van der Waals surface area contributed by atoms with Crippen LogP contribution in [0.3, 0.4) is 0 Å². The van der Waals surface area contributed by atoms with Gasteiger partial charge in [-0.05, 0) is 58.4 Å². The van der Waals surface area contributed by atoms with Crippen molar-refractivity contribution in [3.05, 3.63) is 94.5 Å². The van der Waals surface area contributed by atoms with E-state index in [-0.39, 0.29) is 24.1 Å². The summed E-state index contributed by atoms with van der Waals surface area (Å²) in [5, 5.41) is 12.1. The van der Waals surface area contributed by atoms with Crippen LogP contribution in [0.25, 0.3) is 11.1 Å². The van der Waals surface area contributed by atoms with Crippen LogP contribution in [0.1, 0.15) is 51.0 Å². The third kappa shape index (κ3) is 3.12. The Kier molecular flexibility index (Phi) is 4.51. The molecule has 0 saturated carbocycles. The smallest absolute Gasteiger partial charge is 0.407 e. The summed E-state index contributed by atoms with van der Waals surface area (Å²) in [4.78, 5) is 23.7. The number of fused-ring (bicyclic) bond motifs is 4.